The molecule has 0 aromatic carbocycles. The Balaban J connectivity index is 2.14. The summed E-state index contributed by atoms with van der Waals surface area (Å²) in [6.07, 6.45) is 4.11. The van der Waals surface area contributed by atoms with E-state index in [0.29, 0.717) is 18.9 Å². The van der Waals surface area contributed by atoms with Gasteiger partial charge in [0.05, 0.1) is 6.10 Å². The first kappa shape index (κ1) is 17.2. The molecular formula is C15H31N3O2. The molecule has 0 aromatic rings. The zero-order chi connectivity index (χ0) is 15.0. The molecule has 0 saturated carbocycles. The summed E-state index contributed by atoms with van der Waals surface area (Å²) in [5.41, 5.74) is 0. The highest BCUT2D eigenvalue weighted by Gasteiger charge is 2.15. The van der Waals surface area contributed by atoms with Crippen LogP contribution in [0.3, 0.4) is 0 Å². The first-order chi connectivity index (χ1) is 9.47. The summed E-state index contributed by atoms with van der Waals surface area (Å²) >= 11 is 0. The summed E-state index contributed by atoms with van der Waals surface area (Å²) in [7, 11) is 0. The Morgan fingerprint density at radius 3 is 2.45 bits per heavy atom. The van der Waals surface area contributed by atoms with E-state index in [2.05, 4.69) is 29.4 Å². The smallest absolute Gasteiger partial charge is 0.315 e. The summed E-state index contributed by atoms with van der Waals surface area (Å²) in [4.78, 5) is 14.1. The second-order valence-corrected chi connectivity index (χ2v) is 6.40. The van der Waals surface area contributed by atoms with E-state index in [1.165, 1.54) is 19.3 Å². The molecule has 118 valence electrons. The number of carbonyl (C=O) groups is 1. The summed E-state index contributed by atoms with van der Waals surface area (Å²) in [5.74, 6) is 0.438. The Morgan fingerprint density at radius 1 is 1.20 bits per heavy atom. The minimum Gasteiger partial charge on any atom is -0.391 e. The maximum absolute atomic E-state index is 11.7. The number of piperidine rings is 1. The van der Waals surface area contributed by atoms with Crippen LogP contribution in [-0.2, 0) is 0 Å². The largest absolute Gasteiger partial charge is 0.391 e. The van der Waals surface area contributed by atoms with E-state index >= 15 is 0 Å². The number of urea groups is 1. The molecule has 5 heteroatoms. The van der Waals surface area contributed by atoms with Gasteiger partial charge in [-0.05, 0) is 45.2 Å². The lowest BCUT2D eigenvalue weighted by molar-refractivity contribution is 0.146. The van der Waals surface area contributed by atoms with Crippen LogP contribution in [0.4, 0.5) is 4.79 Å². The fraction of sp³-hybridized carbons (Fsp3) is 0.933. The Hall–Kier alpha value is -0.810. The molecule has 1 aliphatic rings. The Morgan fingerprint density at radius 2 is 1.85 bits per heavy atom. The molecule has 3 N–H and O–H groups in total. The number of nitrogens with one attached hydrogen (secondary N) is 2. The number of hydrogen-bond donors (Lipinski definition) is 3. The van der Waals surface area contributed by atoms with Gasteiger partial charge in [0.25, 0.3) is 0 Å². The maximum atomic E-state index is 11.7. The van der Waals surface area contributed by atoms with Gasteiger partial charge in [-0.2, -0.15) is 0 Å². The predicted molar refractivity (Wildman–Crippen MR) is 81.7 cm³/mol. The number of nitrogens with zero attached hydrogens (tertiary/aromatic N) is 1. The van der Waals surface area contributed by atoms with Crippen molar-refractivity contribution >= 4 is 6.03 Å². The van der Waals surface area contributed by atoms with Crippen molar-refractivity contribution in [2.24, 2.45) is 5.92 Å². The van der Waals surface area contributed by atoms with Gasteiger partial charge in [-0.25, -0.2) is 4.79 Å². The normalized spacial score (nSPS) is 19.6. The van der Waals surface area contributed by atoms with E-state index < -0.39 is 6.10 Å². The third-order valence-electron chi connectivity index (χ3n) is 3.60. The fourth-order valence-electron chi connectivity index (χ4n) is 2.69. The van der Waals surface area contributed by atoms with Crippen LogP contribution in [-0.4, -0.2) is 54.4 Å². The second-order valence-electron chi connectivity index (χ2n) is 6.40. The van der Waals surface area contributed by atoms with Crippen molar-refractivity contribution in [2.45, 2.75) is 58.6 Å². The number of amides is 2. The molecule has 0 radical (unpaired) electrons. The molecule has 1 fully saturated rings. The molecule has 0 aromatic heterocycles. The SMILES string of the molecule is CC(C)CC(O)CNC(=O)NC(C)CN1CCCCC1. The summed E-state index contributed by atoms with van der Waals surface area (Å²) in [6.45, 7) is 9.65. The van der Waals surface area contributed by atoms with E-state index in [4.69, 9.17) is 0 Å². The molecule has 2 atom stereocenters. The van der Waals surface area contributed by atoms with Crippen molar-refractivity contribution in [3.63, 3.8) is 0 Å². The van der Waals surface area contributed by atoms with E-state index in [-0.39, 0.29) is 12.1 Å². The molecule has 0 bridgehead atoms. The van der Waals surface area contributed by atoms with Gasteiger partial charge in [-0.3, -0.25) is 0 Å². The number of rotatable bonds is 7. The molecule has 0 aliphatic carbocycles. The molecule has 20 heavy (non-hydrogen) atoms. The minimum atomic E-state index is -0.460. The number of aliphatic hydroxyl groups is 1. The minimum absolute atomic E-state index is 0.135. The first-order valence-corrected chi connectivity index (χ1v) is 7.92. The lowest BCUT2D eigenvalue weighted by atomic mass is 10.1. The van der Waals surface area contributed by atoms with E-state index in [0.717, 1.165) is 19.6 Å². The van der Waals surface area contributed by atoms with Crippen LogP contribution in [0.1, 0.15) is 46.5 Å². The zero-order valence-corrected chi connectivity index (χ0v) is 13.2. The number of likely N-dealkylation sites (tertiary alicyclic amines) is 1. The summed E-state index contributed by atoms with van der Waals surface area (Å²) < 4.78 is 0. The quantitative estimate of drug-likeness (QED) is 0.665. The summed E-state index contributed by atoms with van der Waals surface area (Å²) in [6, 6.07) is -0.0485. The van der Waals surface area contributed by atoms with E-state index in [9.17, 15) is 9.90 Å². The number of aliphatic hydroxyl groups excluding tert-OH is 1. The van der Waals surface area contributed by atoms with E-state index in [1.807, 2.05) is 6.92 Å². The van der Waals surface area contributed by atoms with Crippen molar-refractivity contribution in [1.82, 2.24) is 15.5 Å². The fourth-order valence-corrected chi connectivity index (χ4v) is 2.69. The average Bonchev–Trinajstić information content (AvgIpc) is 2.36. The maximum Gasteiger partial charge on any atom is 0.315 e. The second kappa shape index (κ2) is 9.19. The topological polar surface area (TPSA) is 64.6 Å². The zero-order valence-electron chi connectivity index (χ0n) is 13.2. The molecule has 0 spiro atoms. The van der Waals surface area contributed by atoms with Crippen molar-refractivity contribution in [3.8, 4) is 0 Å². The average molecular weight is 285 g/mol. The van der Waals surface area contributed by atoms with Crippen LogP contribution in [0.5, 0.6) is 0 Å². The van der Waals surface area contributed by atoms with Crippen molar-refractivity contribution in [2.75, 3.05) is 26.2 Å². The van der Waals surface area contributed by atoms with Gasteiger partial charge >= 0.3 is 6.03 Å². The summed E-state index contributed by atoms with van der Waals surface area (Å²) in [5, 5.41) is 15.4. The van der Waals surface area contributed by atoms with Gasteiger partial charge in [-0.1, -0.05) is 20.3 Å². The molecule has 1 heterocycles. The number of hydrogen-bond acceptors (Lipinski definition) is 3. The van der Waals surface area contributed by atoms with Gasteiger partial charge in [0.1, 0.15) is 0 Å². The Labute approximate surface area is 123 Å². The van der Waals surface area contributed by atoms with Crippen LogP contribution in [0.2, 0.25) is 0 Å². The number of carbonyl (C=O) groups excluding carboxylic acids is 1. The molecule has 5 nitrogen and oxygen atoms in total. The van der Waals surface area contributed by atoms with E-state index in [1.54, 1.807) is 0 Å². The Kier molecular flexibility index (Phi) is 7.92. The third kappa shape index (κ3) is 7.70. The highest BCUT2D eigenvalue weighted by atomic mass is 16.3. The van der Waals surface area contributed by atoms with Crippen LogP contribution in [0.25, 0.3) is 0 Å². The van der Waals surface area contributed by atoms with Gasteiger partial charge < -0.3 is 20.6 Å². The van der Waals surface area contributed by atoms with Crippen LogP contribution >= 0.6 is 0 Å². The lowest BCUT2D eigenvalue weighted by Crippen LogP contribution is -2.48. The standard InChI is InChI=1S/C15H31N3O2/c1-12(2)9-14(19)10-16-15(20)17-13(3)11-18-7-5-4-6-8-18/h12-14,19H,4-11H2,1-3H3,(H2,16,17,20). The molecular weight excluding hydrogens is 254 g/mol. The van der Waals surface area contributed by atoms with Gasteiger partial charge in [0.15, 0.2) is 0 Å². The molecule has 1 aliphatic heterocycles. The van der Waals surface area contributed by atoms with Gasteiger partial charge in [0, 0.05) is 19.1 Å². The third-order valence-corrected chi connectivity index (χ3v) is 3.60. The van der Waals surface area contributed by atoms with Crippen molar-refractivity contribution in [3.05, 3.63) is 0 Å². The monoisotopic (exact) mass is 285 g/mol. The lowest BCUT2D eigenvalue weighted by Gasteiger charge is -2.29. The van der Waals surface area contributed by atoms with Crippen molar-refractivity contribution < 1.29 is 9.90 Å². The van der Waals surface area contributed by atoms with Gasteiger partial charge in [0.2, 0.25) is 0 Å². The Bertz CT molecular complexity index is 278. The van der Waals surface area contributed by atoms with Gasteiger partial charge in [-0.15, -0.1) is 0 Å². The molecule has 1 saturated heterocycles. The van der Waals surface area contributed by atoms with Crippen LogP contribution in [0.15, 0.2) is 0 Å². The van der Waals surface area contributed by atoms with Crippen molar-refractivity contribution in [1.29, 1.82) is 0 Å². The molecule has 2 amide bonds. The first-order valence-electron chi connectivity index (χ1n) is 7.92. The highest BCUT2D eigenvalue weighted by molar-refractivity contribution is 5.74. The molecule has 1 rings (SSSR count). The van der Waals surface area contributed by atoms with Crippen LogP contribution in [0, 0.1) is 5.92 Å². The van der Waals surface area contributed by atoms with Crippen LogP contribution < -0.4 is 10.6 Å². The predicted octanol–water partition coefficient (Wildman–Crippen LogP) is 1.57. The highest BCUT2D eigenvalue weighted by Crippen LogP contribution is 2.08. The molecule has 2 unspecified atom stereocenters.